The summed E-state index contributed by atoms with van der Waals surface area (Å²) in [5.41, 5.74) is 0.948. The normalized spacial score (nSPS) is 17.5. The van der Waals surface area contributed by atoms with Gasteiger partial charge in [0.05, 0.1) is 13.2 Å². The van der Waals surface area contributed by atoms with Crippen LogP contribution in [0.1, 0.15) is 12.5 Å². The third-order valence-electron chi connectivity index (χ3n) is 3.25. The number of morpholine rings is 1. The molecule has 2 rings (SSSR count). The van der Waals surface area contributed by atoms with Crippen molar-refractivity contribution in [2.24, 2.45) is 0 Å². The molecule has 0 bridgehead atoms. The van der Waals surface area contributed by atoms with Crippen molar-refractivity contribution in [1.82, 2.24) is 15.2 Å². The number of anilines is 1. The minimum atomic E-state index is -0.215. The first-order valence-electron chi connectivity index (χ1n) is 6.94. The van der Waals surface area contributed by atoms with E-state index >= 15 is 0 Å². The summed E-state index contributed by atoms with van der Waals surface area (Å²) < 4.78 is 5.30. The Labute approximate surface area is 119 Å². The smallest absolute Gasteiger partial charge is 0.320 e. The van der Waals surface area contributed by atoms with E-state index in [9.17, 15) is 4.79 Å². The number of ether oxygens (including phenoxy) is 1. The molecule has 0 saturated carbocycles. The predicted octanol–water partition coefficient (Wildman–Crippen LogP) is 1.23. The van der Waals surface area contributed by atoms with Crippen LogP contribution in [0.5, 0.6) is 0 Å². The van der Waals surface area contributed by atoms with Gasteiger partial charge in [-0.2, -0.15) is 0 Å². The van der Waals surface area contributed by atoms with Crippen LogP contribution in [0.2, 0.25) is 0 Å². The molecule has 1 aliphatic rings. The molecule has 1 aromatic rings. The Kier molecular flexibility index (Phi) is 5.31. The summed E-state index contributed by atoms with van der Waals surface area (Å²) in [5, 5.41) is 5.70. The fraction of sp³-hybridized carbons (Fsp3) is 0.571. The molecule has 20 heavy (non-hydrogen) atoms. The number of rotatable bonds is 4. The zero-order valence-electron chi connectivity index (χ0n) is 12.1. The number of nitrogens with zero attached hydrogens (tertiary/aromatic N) is 2. The molecule has 1 saturated heterocycles. The first kappa shape index (κ1) is 14.7. The second-order valence-electron chi connectivity index (χ2n) is 5.08. The maximum atomic E-state index is 11.9. The Hall–Kier alpha value is -1.66. The second-order valence-corrected chi connectivity index (χ2v) is 5.08. The average molecular weight is 278 g/mol. The van der Waals surface area contributed by atoms with Crippen molar-refractivity contribution in [1.29, 1.82) is 0 Å². The van der Waals surface area contributed by atoms with Crippen LogP contribution in [0.25, 0.3) is 0 Å². The summed E-state index contributed by atoms with van der Waals surface area (Å²) in [5.74, 6) is 0.601. The Morgan fingerprint density at radius 2 is 2.25 bits per heavy atom. The van der Waals surface area contributed by atoms with Gasteiger partial charge in [0.15, 0.2) is 0 Å². The van der Waals surface area contributed by atoms with E-state index in [0.29, 0.717) is 5.82 Å². The third-order valence-corrected chi connectivity index (χ3v) is 3.25. The van der Waals surface area contributed by atoms with Gasteiger partial charge in [0.1, 0.15) is 5.82 Å². The van der Waals surface area contributed by atoms with Crippen LogP contribution in [0.15, 0.2) is 18.3 Å². The van der Waals surface area contributed by atoms with E-state index in [-0.39, 0.29) is 12.1 Å². The largest absolute Gasteiger partial charge is 0.379 e. The molecule has 2 N–H and O–H groups in total. The van der Waals surface area contributed by atoms with Crippen LogP contribution < -0.4 is 10.6 Å². The van der Waals surface area contributed by atoms with Crippen molar-refractivity contribution in [2.75, 3.05) is 38.2 Å². The lowest BCUT2D eigenvalue weighted by atomic mass is 10.3. The minimum Gasteiger partial charge on any atom is -0.379 e. The van der Waals surface area contributed by atoms with Crippen molar-refractivity contribution >= 4 is 11.8 Å². The lowest BCUT2D eigenvalue weighted by Crippen LogP contribution is -2.47. The fourth-order valence-corrected chi connectivity index (χ4v) is 2.20. The summed E-state index contributed by atoms with van der Waals surface area (Å²) >= 11 is 0. The Morgan fingerprint density at radius 1 is 1.50 bits per heavy atom. The van der Waals surface area contributed by atoms with Crippen molar-refractivity contribution in [3.63, 3.8) is 0 Å². The number of nitrogens with one attached hydrogen (secondary N) is 2. The number of hydrogen-bond acceptors (Lipinski definition) is 4. The molecule has 0 aliphatic carbocycles. The molecule has 0 unspecified atom stereocenters. The van der Waals surface area contributed by atoms with Gasteiger partial charge in [-0.25, -0.2) is 9.78 Å². The average Bonchev–Trinajstić information content (AvgIpc) is 2.42. The Balaban J connectivity index is 1.77. The zero-order valence-corrected chi connectivity index (χ0v) is 12.1. The van der Waals surface area contributed by atoms with Crippen molar-refractivity contribution < 1.29 is 9.53 Å². The molecular weight excluding hydrogens is 256 g/mol. The number of pyridine rings is 1. The van der Waals surface area contributed by atoms with E-state index in [2.05, 4.69) is 20.5 Å². The lowest BCUT2D eigenvalue weighted by molar-refractivity contribution is 0.0350. The van der Waals surface area contributed by atoms with Crippen LogP contribution in [0, 0.1) is 6.92 Å². The van der Waals surface area contributed by atoms with Gasteiger partial charge >= 0.3 is 6.03 Å². The van der Waals surface area contributed by atoms with Gasteiger partial charge in [0, 0.05) is 31.9 Å². The van der Waals surface area contributed by atoms with Crippen molar-refractivity contribution in [3.05, 3.63) is 23.9 Å². The topological polar surface area (TPSA) is 66.5 Å². The molecule has 0 spiro atoms. The maximum absolute atomic E-state index is 11.9. The Morgan fingerprint density at radius 3 is 2.95 bits per heavy atom. The Bertz CT molecular complexity index is 447. The van der Waals surface area contributed by atoms with Gasteiger partial charge in [-0.3, -0.25) is 10.2 Å². The molecule has 110 valence electrons. The van der Waals surface area contributed by atoms with E-state index in [1.54, 1.807) is 6.20 Å². The number of carbonyl (C=O) groups is 1. The van der Waals surface area contributed by atoms with E-state index in [1.165, 1.54) is 0 Å². The highest BCUT2D eigenvalue weighted by molar-refractivity contribution is 5.89. The highest BCUT2D eigenvalue weighted by Gasteiger charge is 2.15. The molecule has 0 radical (unpaired) electrons. The monoisotopic (exact) mass is 278 g/mol. The summed E-state index contributed by atoms with van der Waals surface area (Å²) in [6.45, 7) is 8.14. The quantitative estimate of drug-likeness (QED) is 0.869. The number of carbonyl (C=O) groups excluding carboxylic acids is 1. The molecular formula is C14H22N4O2. The standard InChI is InChI=1S/C14H22N4O2/c1-11-4-3-5-15-13(11)17-14(19)16-12(2)10-18-6-8-20-9-7-18/h3-5,12H,6-10H2,1-2H3,(H2,15,16,17,19)/t12-/m0/s1. The van der Waals surface area contributed by atoms with Gasteiger partial charge in [-0.05, 0) is 25.5 Å². The molecule has 0 aromatic carbocycles. The highest BCUT2D eigenvalue weighted by atomic mass is 16.5. The van der Waals surface area contributed by atoms with Gasteiger partial charge in [-0.15, -0.1) is 0 Å². The van der Waals surface area contributed by atoms with Gasteiger partial charge in [0.2, 0.25) is 0 Å². The number of hydrogen-bond donors (Lipinski definition) is 2. The zero-order chi connectivity index (χ0) is 14.4. The van der Waals surface area contributed by atoms with Crippen molar-refractivity contribution in [2.45, 2.75) is 19.9 Å². The second kappa shape index (κ2) is 7.21. The minimum absolute atomic E-state index is 0.0807. The molecule has 2 heterocycles. The van der Waals surface area contributed by atoms with Gasteiger partial charge in [0.25, 0.3) is 0 Å². The first-order chi connectivity index (χ1) is 9.65. The summed E-state index contributed by atoms with van der Waals surface area (Å²) in [6, 6.07) is 3.63. The summed E-state index contributed by atoms with van der Waals surface area (Å²) in [4.78, 5) is 18.3. The maximum Gasteiger partial charge on any atom is 0.320 e. The lowest BCUT2D eigenvalue weighted by Gasteiger charge is -2.29. The SMILES string of the molecule is Cc1cccnc1NC(=O)N[C@@H](C)CN1CCOCC1. The number of aryl methyl sites for hydroxylation is 1. The number of amides is 2. The number of aromatic nitrogens is 1. The number of urea groups is 1. The summed E-state index contributed by atoms with van der Waals surface area (Å²) in [6.07, 6.45) is 1.67. The molecule has 2 amide bonds. The highest BCUT2D eigenvalue weighted by Crippen LogP contribution is 2.08. The molecule has 1 aromatic heterocycles. The molecule has 1 fully saturated rings. The molecule has 1 aliphatic heterocycles. The van der Waals surface area contributed by atoms with E-state index in [4.69, 9.17) is 4.74 Å². The van der Waals surface area contributed by atoms with Crippen molar-refractivity contribution in [3.8, 4) is 0 Å². The molecule has 1 atom stereocenters. The van der Waals surface area contributed by atoms with Crippen LogP contribution in [-0.4, -0.2) is 54.8 Å². The van der Waals surface area contributed by atoms with Crippen LogP contribution in [0.4, 0.5) is 10.6 Å². The van der Waals surface area contributed by atoms with E-state index in [1.807, 2.05) is 26.0 Å². The van der Waals surface area contributed by atoms with E-state index < -0.39 is 0 Å². The first-order valence-corrected chi connectivity index (χ1v) is 6.94. The van der Waals surface area contributed by atoms with Crippen LogP contribution in [-0.2, 0) is 4.74 Å². The predicted molar refractivity (Wildman–Crippen MR) is 77.8 cm³/mol. The summed E-state index contributed by atoms with van der Waals surface area (Å²) in [7, 11) is 0. The fourth-order valence-electron chi connectivity index (χ4n) is 2.20. The molecule has 6 nitrogen and oxygen atoms in total. The van der Waals surface area contributed by atoms with E-state index in [0.717, 1.165) is 38.4 Å². The molecule has 6 heteroatoms. The van der Waals surface area contributed by atoms with Gasteiger partial charge in [-0.1, -0.05) is 6.07 Å². The van der Waals surface area contributed by atoms with Crippen LogP contribution >= 0.6 is 0 Å². The third kappa shape index (κ3) is 4.47. The van der Waals surface area contributed by atoms with Crippen LogP contribution in [0.3, 0.4) is 0 Å². The van der Waals surface area contributed by atoms with Gasteiger partial charge < -0.3 is 10.1 Å².